The lowest BCUT2D eigenvalue weighted by molar-refractivity contribution is -0.148. The Kier molecular flexibility index (Phi) is 7.38. The molecule has 0 aliphatic heterocycles. The van der Waals surface area contributed by atoms with Gasteiger partial charge in [-0.1, -0.05) is 60.7 Å². The highest BCUT2D eigenvalue weighted by molar-refractivity contribution is 5.89. The summed E-state index contributed by atoms with van der Waals surface area (Å²) in [7, 11) is 0. The molecule has 6 nitrogen and oxygen atoms in total. The van der Waals surface area contributed by atoms with E-state index in [2.05, 4.69) is 5.32 Å². The Labute approximate surface area is 158 Å². The van der Waals surface area contributed by atoms with Crippen molar-refractivity contribution in [3.05, 3.63) is 71.8 Å². The highest BCUT2D eigenvalue weighted by Crippen LogP contribution is 2.17. The molecule has 0 unspecified atom stereocenters. The maximum atomic E-state index is 12.4. The Morgan fingerprint density at radius 1 is 1.00 bits per heavy atom. The summed E-state index contributed by atoms with van der Waals surface area (Å²) >= 11 is 0. The first-order chi connectivity index (χ1) is 13.1. The van der Waals surface area contributed by atoms with E-state index >= 15 is 0 Å². The van der Waals surface area contributed by atoms with E-state index in [0.29, 0.717) is 6.42 Å². The summed E-state index contributed by atoms with van der Waals surface area (Å²) in [4.78, 5) is 24.6. The van der Waals surface area contributed by atoms with Crippen LogP contribution in [0.4, 0.5) is 4.79 Å². The molecule has 0 heterocycles. The smallest absolute Gasteiger partial charge is 0.409 e. The number of benzene rings is 2. The van der Waals surface area contributed by atoms with Gasteiger partial charge in [-0.2, -0.15) is 5.26 Å². The van der Waals surface area contributed by atoms with Crippen molar-refractivity contribution in [2.75, 3.05) is 6.61 Å². The second-order valence-electron chi connectivity index (χ2n) is 5.91. The van der Waals surface area contributed by atoms with Gasteiger partial charge in [-0.25, -0.2) is 9.59 Å². The maximum absolute atomic E-state index is 12.4. The first-order valence-electron chi connectivity index (χ1n) is 8.71. The zero-order valence-corrected chi connectivity index (χ0v) is 15.2. The number of rotatable bonds is 8. The quantitative estimate of drug-likeness (QED) is 0.724. The summed E-state index contributed by atoms with van der Waals surface area (Å²) in [6.45, 7) is 1.79. The molecule has 1 N–H and O–H groups in total. The third-order valence-electron chi connectivity index (χ3n) is 3.97. The highest BCUT2D eigenvalue weighted by atomic mass is 16.6. The van der Waals surface area contributed by atoms with Gasteiger partial charge < -0.3 is 9.47 Å². The van der Waals surface area contributed by atoms with Crippen molar-refractivity contribution < 1.29 is 19.1 Å². The van der Waals surface area contributed by atoms with Crippen molar-refractivity contribution in [3.8, 4) is 6.07 Å². The molecule has 1 atom stereocenters. The summed E-state index contributed by atoms with van der Waals surface area (Å²) in [5, 5.41) is 12.1. The Morgan fingerprint density at radius 3 is 2.15 bits per heavy atom. The average molecular weight is 366 g/mol. The number of nitrogens with one attached hydrogen (secondary N) is 1. The first-order valence-corrected chi connectivity index (χ1v) is 8.71. The van der Waals surface area contributed by atoms with Gasteiger partial charge >= 0.3 is 12.1 Å². The number of nitrogens with zero attached hydrogens (tertiary/aromatic N) is 1. The molecule has 0 spiro atoms. The fraction of sp³-hybridized carbons (Fsp3) is 0.286. The number of carbonyl (C=O) groups is 2. The Hall–Kier alpha value is -3.33. The summed E-state index contributed by atoms with van der Waals surface area (Å²) in [5.74, 6) is -0.792. The number of hydrogen-bond acceptors (Lipinski definition) is 5. The van der Waals surface area contributed by atoms with E-state index in [-0.39, 0.29) is 19.6 Å². The topological polar surface area (TPSA) is 88.4 Å². The van der Waals surface area contributed by atoms with Crippen molar-refractivity contribution in [1.82, 2.24) is 5.32 Å². The van der Waals surface area contributed by atoms with E-state index in [0.717, 1.165) is 11.1 Å². The van der Waals surface area contributed by atoms with E-state index in [1.165, 1.54) is 0 Å². The van der Waals surface area contributed by atoms with Gasteiger partial charge in [0.1, 0.15) is 12.7 Å². The van der Waals surface area contributed by atoms with Gasteiger partial charge in [-0.05, 0) is 30.9 Å². The van der Waals surface area contributed by atoms with Gasteiger partial charge in [0.2, 0.25) is 5.54 Å². The van der Waals surface area contributed by atoms with E-state index in [1.54, 1.807) is 6.92 Å². The molecule has 0 aliphatic carbocycles. The monoisotopic (exact) mass is 366 g/mol. The molecule has 6 heteroatoms. The minimum absolute atomic E-state index is 0.0374. The zero-order chi connectivity index (χ0) is 19.5. The Bertz CT molecular complexity index is 787. The second kappa shape index (κ2) is 9.97. The van der Waals surface area contributed by atoms with Gasteiger partial charge in [0, 0.05) is 0 Å². The van der Waals surface area contributed by atoms with E-state index in [4.69, 9.17) is 9.47 Å². The number of esters is 1. The van der Waals surface area contributed by atoms with Crippen LogP contribution in [0.3, 0.4) is 0 Å². The average Bonchev–Trinajstić information content (AvgIpc) is 2.71. The maximum Gasteiger partial charge on any atom is 0.409 e. The molecule has 1 amide bonds. The Balaban J connectivity index is 2.07. The Morgan fingerprint density at radius 2 is 1.59 bits per heavy atom. The van der Waals surface area contributed by atoms with Crippen molar-refractivity contribution in [2.45, 2.75) is 31.9 Å². The second-order valence-corrected chi connectivity index (χ2v) is 5.91. The van der Waals surface area contributed by atoms with Crippen LogP contribution in [0.2, 0.25) is 0 Å². The lowest BCUT2D eigenvalue weighted by Crippen LogP contribution is -2.54. The largest absolute Gasteiger partial charge is 0.463 e. The molecule has 0 bridgehead atoms. The van der Waals surface area contributed by atoms with Crippen LogP contribution in [-0.2, 0) is 27.3 Å². The first kappa shape index (κ1) is 20.0. The summed E-state index contributed by atoms with van der Waals surface area (Å²) in [5.41, 5.74) is -0.0592. The van der Waals surface area contributed by atoms with Gasteiger partial charge in [0.25, 0.3) is 0 Å². The van der Waals surface area contributed by atoms with Gasteiger partial charge in [-0.3, -0.25) is 5.32 Å². The van der Waals surface area contributed by atoms with Crippen LogP contribution in [0.5, 0.6) is 0 Å². The van der Waals surface area contributed by atoms with Crippen molar-refractivity contribution in [1.29, 1.82) is 5.26 Å². The molecule has 140 valence electrons. The third-order valence-corrected chi connectivity index (χ3v) is 3.97. The molecular formula is C21H22N2O4. The number of aryl methyl sites for hydroxylation is 1. The number of amides is 1. The fourth-order valence-electron chi connectivity index (χ4n) is 2.51. The molecule has 0 fully saturated rings. The SMILES string of the molecule is CCOC(=O)[C@@](C#N)(CCc1ccccc1)NC(=O)OCc1ccccc1. The van der Waals surface area contributed by atoms with Crippen LogP contribution < -0.4 is 5.32 Å². The predicted octanol–water partition coefficient (Wildman–Crippen LogP) is 3.37. The van der Waals surface area contributed by atoms with Crippen molar-refractivity contribution in [2.24, 2.45) is 0 Å². The third kappa shape index (κ3) is 5.86. The number of ether oxygens (including phenoxy) is 2. The number of nitriles is 1. The van der Waals surface area contributed by atoms with Gasteiger partial charge in [-0.15, -0.1) is 0 Å². The number of alkyl carbamates (subject to hydrolysis) is 1. The molecule has 2 aromatic rings. The molecule has 2 aromatic carbocycles. The van der Waals surface area contributed by atoms with Gasteiger partial charge in [0.15, 0.2) is 0 Å². The van der Waals surface area contributed by atoms with E-state index in [1.807, 2.05) is 66.7 Å². The van der Waals surface area contributed by atoms with Crippen LogP contribution in [0.1, 0.15) is 24.5 Å². The lowest BCUT2D eigenvalue weighted by Gasteiger charge is -2.25. The molecule has 0 saturated carbocycles. The molecule has 2 rings (SSSR count). The summed E-state index contributed by atoms with van der Waals surface area (Å²) in [6, 6.07) is 20.4. The zero-order valence-electron chi connectivity index (χ0n) is 15.2. The molecule has 0 saturated heterocycles. The van der Waals surface area contributed by atoms with Crippen molar-refractivity contribution >= 4 is 12.1 Å². The van der Waals surface area contributed by atoms with Crippen LogP contribution >= 0.6 is 0 Å². The van der Waals surface area contributed by atoms with E-state index in [9.17, 15) is 14.9 Å². The lowest BCUT2D eigenvalue weighted by atomic mass is 9.92. The fourth-order valence-corrected chi connectivity index (χ4v) is 2.51. The normalized spacial score (nSPS) is 12.3. The highest BCUT2D eigenvalue weighted by Gasteiger charge is 2.42. The minimum Gasteiger partial charge on any atom is -0.463 e. The van der Waals surface area contributed by atoms with Crippen LogP contribution in [0, 0.1) is 11.3 Å². The number of hydrogen-bond donors (Lipinski definition) is 1. The van der Waals surface area contributed by atoms with Crippen LogP contribution in [0.25, 0.3) is 0 Å². The molecular weight excluding hydrogens is 344 g/mol. The van der Waals surface area contributed by atoms with Crippen LogP contribution in [-0.4, -0.2) is 24.2 Å². The molecule has 0 radical (unpaired) electrons. The molecule has 27 heavy (non-hydrogen) atoms. The van der Waals surface area contributed by atoms with Crippen molar-refractivity contribution in [3.63, 3.8) is 0 Å². The molecule has 0 aromatic heterocycles. The number of carbonyl (C=O) groups excluding carboxylic acids is 2. The minimum atomic E-state index is -1.81. The summed E-state index contributed by atoms with van der Waals surface area (Å²) in [6.07, 6.45) is -0.347. The van der Waals surface area contributed by atoms with Crippen LogP contribution in [0.15, 0.2) is 60.7 Å². The standard InChI is InChI=1S/C21H22N2O4/c1-2-26-19(24)21(16-22,14-13-17-9-5-3-6-10-17)23-20(25)27-15-18-11-7-4-8-12-18/h3-12H,2,13-15H2,1H3,(H,23,25)/t21-/m0/s1. The van der Waals surface area contributed by atoms with E-state index < -0.39 is 17.6 Å². The predicted molar refractivity (Wildman–Crippen MR) is 99.5 cm³/mol. The molecule has 0 aliphatic rings. The van der Waals surface area contributed by atoms with Gasteiger partial charge in [0.05, 0.1) is 6.61 Å². The summed E-state index contributed by atoms with van der Waals surface area (Å²) < 4.78 is 10.2.